The first-order valence-electron chi connectivity index (χ1n) is 10.3. The third-order valence-electron chi connectivity index (χ3n) is 4.96. The maximum atomic E-state index is 13.6. The minimum atomic E-state index is -1.09. The molecule has 0 radical (unpaired) electrons. The third-order valence-corrected chi connectivity index (χ3v) is 4.96. The molecule has 0 unspecified atom stereocenters. The number of ether oxygens (including phenoxy) is 1. The first kappa shape index (κ1) is 21.8. The summed E-state index contributed by atoms with van der Waals surface area (Å²) in [6, 6.07) is 18.6. The summed E-state index contributed by atoms with van der Waals surface area (Å²) in [6.07, 6.45) is 5.72. The standard InChI is InChI=1S/C25H22N4O4/c1-32-20-10-5-9-19(15-20)29(25(31)21-17-26-12-13-27-21)23(22-11-6-14-33-22)24(30)28-16-18-7-3-2-4-8-18/h2-15,17,23H,16H2,1H3,(H,28,30)/t23-/m0/s1. The molecule has 0 saturated heterocycles. The Hall–Kier alpha value is -4.46. The summed E-state index contributed by atoms with van der Waals surface area (Å²) in [5.41, 5.74) is 1.46. The molecule has 4 aromatic rings. The van der Waals surface area contributed by atoms with Crippen LogP contribution >= 0.6 is 0 Å². The SMILES string of the molecule is COc1cccc(N(C(=O)c2cnccn2)[C@H](C(=O)NCc2ccccc2)c2ccco2)c1. The van der Waals surface area contributed by atoms with Crippen LogP contribution in [-0.2, 0) is 11.3 Å². The molecule has 8 heteroatoms. The molecule has 1 N–H and O–H groups in total. The Morgan fingerprint density at radius 2 is 1.91 bits per heavy atom. The van der Waals surface area contributed by atoms with Crippen LogP contribution in [0.3, 0.4) is 0 Å². The smallest absolute Gasteiger partial charge is 0.279 e. The van der Waals surface area contributed by atoms with Crippen molar-refractivity contribution in [3.8, 4) is 5.75 Å². The predicted octanol–water partition coefficient (Wildman–Crippen LogP) is 3.78. The quantitative estimate of drug-likeness (QED) is 0.446. The zero-order chi connectivity index (χ0) is 23.0. The van der Waals surface area contributed by atoms with Crippen molar-refractivity contribution in [3.05, 3.63) is 109 Å². The number of nitrogens with one attached hydrogen (secondary N) is 1. The molecule has 1 atom stereocenters. The highest BCUT2D eigenvalue weighted by atomic mass is 16.5. The van der Waals surface area contributed by atoms with Gasteiger partial charge in [-0.1, -0.05) is 36.4 Å². The molecule has 2 aromatic heterocycles. The van der Waals surface area contributed by atoms with E-state index in [1.165, 1.54) is 36.9 Å². The van der Waals surface area contributed by atoms with Gasteiger partial charge in [0.15, 0.2) is 6.04 Å². The van der Waals surface area contributed by atoms with E-state index in [1.54, 1.807) is 36.4 Å². The van der Waals surface area contributed by atoms with Crippen molar-refractivity contribution in [2.45, 2.75) is 12.6 Å². The van der Waals surface area contributed by atoms with Crippen molar-refractivity contribution in [2.75, 3.05) is 12.0 Å². The number of anilines is 1. The molecule has 33 heavy (non-hydrogen) atoms. The molecule has 0 fully saturated rings. The van der Waals surface area contributed by atoms with Crippen molar-refractivity contribution in [3.63, 3.8) is 0 Å². The molecule has 166 valence electrons. The third kappa shape index (κ3) is 5.07. The fourth-order valence-electron chi connectivity index (χ4n) is 3.38. The number of aromatic nitrogens is 2. The Balaban J connectivity index is 1.75. The number of hydrogen-bond acceptors (Lipinski definition) is 6. The number of amides is 2. The average Bonchev–Trinajstić information content (AvgIpc) is 3.41. The van der Waals surface area contributed by atoms with Gasteiger partial charge in [0.25, 0.3) is 11.8 Å². The largest absolute Gasteiger partial charge is 0.497 e. The Morgan fingerprint density at radius 3 is 2.61 bits per heavy atom. The van der Waals surface area contributed by atoms with Gasteiger partial charge >= 0.3 is 0 Å². The Morgan fingerprint density at radius 1 is 1.06 bits per heavy atom. The van der Waals surface area contributed by atoms with E-state index in [0.29, 0.717) is 23.7 Å². The van der Waals surface area contributed by atoms with Gasteiger partial charge in [0.05, 0.1) is 19.6 Å². The summed E-state index contributed by atoms with van der Waals surface area (Å²) >= 11 is 0. The molecule has 2 heterocycles. The summed E-state index contributed by atoms with van der Waals surface area (Å²) in [4.78, 5) is 36.6. The molecular weight excluding hydrogens is 420 g/mol. The topological polar surface area (TPSA) is 97.6 Å². The molecule has 0 saturated carbocycles. The maximum absolute atomic E-state index is 13.6. The van der Waals surface area contributed by atoms with Gasteiger partial charge in [-0.25, -0.2) is 4.98 Å². The van der Waals surface area contributed by atoms with Gasteiger partial charge in [-0.05, 0) is 29.8 Å². The van der Waals surface area contributed by atoms with Gasteiger partial charge in [-0.15, -0.1) is 0 Å². The van der Waals surface area contributed by atoms with E-state index in [1.807, 2.05) is 30.3 Å². The summed E-state index contributed by atoms with van der Waals surface area (Å²) in [6.45, 7) is 0.294. The van der Waals surface area contributed by atoms with E-state index >= 15 is 0 Å². The van der Waals surface area contributed by atoms with Crippen LogP contribution in [0, 0.1) is 0 Å². The average molecular weight is 442 g/mol. The van der Waals surface area contributed by atoms with Gasteiger partial charge in [0.2, 0.25) is 0 Å². The number of nitrogens with zero attached hydrogens (tertiary/aromatic N) is 3. The molecule has 2 aromatic carbocycles. The van der Waals surface area contributed by atoms with E-state index in [-0.39, 0.29) is 5.69 Å². The minimum absolute atomic E-state index is 0.0905. The highest BCUT2D eigenvalue weighted by Gasteiger charge is 2.36. The van der Waals surface area contributed by atoms with E-state index in [9.17, 15) is 9.59 Å². The summed E-state index contributed by atoms with van der Waals surface area (Å²) in [5.74, 6) is -0.0746. The molecule has 0 aliphatic heterocycles. The predicted molar refractivity (Wildman–Crippen MR) is 122 cm³/mol. The number of furan rings is 1. The number of hydrogen-bond donors (Lipinski definition) is 1. The van der Waals surface area contributed by atoms with Gasteiger partial charge in [-0.3, -0.25) is 19.5 Å². The van der Waals surface area contributed by atoms with E-state index in [0.717, 1.165) is 5.56 Å². The fourth-order valence-corrected chi connectivity index (χ4v) is 3.38. The zero-order valence-corrected chi connectivity index (χ0v) is 17.9. The van der Waals surface area contributed by atoms with Crippen molar-refractivity contribution < 1.29 is 18.7 Å². The van der Waals surface area contributed by atoms with Crippen LogP contribution in [0.25, 0.3) is 0 Å². The number of carbonyl (C=O) groups excluding carboxylic acids is 2. The van der Waals surface area contributed by atoms with Crippen LogP contribution in [-0.4, -0.2) is 28.9 Å². The number of carbonyl (C=O) groups is 2. The lowest BCUT2D eigenvalue weighted by atomic mass is 10.1. The van der Waals surface area contributed by atoms with Gasteiger partial charge in [0, 0.05) is 30.7 Å². The molecule has 4 rings (SSSR count). The lowest BCUT2D eigenvalue weighted by Gasteiger charge is -2.29. The molecule has 0 aliphatic carbocycles. The highest BCUT2D eigenvalue weighted by Crippen LogP contribution is 2.32. The maximum Gasteiger partial charge on any atom is 0.279 e. The fraction of sp³-hybridized carbons (Fsp3) is 0.120. The highest BCUT2D eigenvalue weighted by molar-refractivity contribution is 6.08. The van der Waals surface area contributed by atoms with Crippen LogP contribution in [0.1, 0.15) is 27.9 Å². The van der Waals surface area contributed by atoms with Crippen LogP contribution in [0.2, 0.25) is 0 Å². The molecule has 0 bridgehead atoms. The Kier molecular flexibility index (Phi) is 6.75. The second-order valence-corrected chi connectivity index (χ2v) is 7.09. The second kappa shape index (κ2) is 10.2. The van der Waals surface area contributed by atoms with Crippen molar-refractivity contribution >= 4 is 17.5 Å². The van der Waals surface area contributed by atoms with E-state index in [4.69, 9.17) is 9.15 Å². The summed E-state index contributed by atoms with van der Waals surface area (Å²) < 4.78 is 10.9. The first-order valence-corrected chi connectivity index (χ1v) is 10.3. The first-order chi connectivity index (χ1) is 16.2. The van der Waals surface area contributed by atoms with Crippen LogP contribution in [0.15, 0.2) is 96.0 Å². The lowest BCUT2D eigenvalue weighted by molar-refractivity contribution is -0.123. The summed E-state index contributed by atoms with van der Waals surface area (Å²) in [5, 5.41) is 2.91. The molecule has 0 spiro atoms. The van der Waals surface area contributed by atoms with Gasteiger partial charge in [-0.2, -0.15) is 0 Å². The van der Waals surface area contributed by atoms with Gasteiger partial charge < -0.3 is 14.5 Å². The minimum Gasteiger partial charge on any atom is -0.497 e. The van der Waals surface area contributed by atoms with Crippen LogP contribution in [0.5, 0.6) is 5.75 Å². The monoisotopic (exact) mass is 442 g/mol. The second-order valence-electron chi connectivity index (χ2n) is 7.09. The Labute approximate surface area is 190 Å². The number of methoxy groups -OCH3 is 1. The normalized spacial score (nSPS) is 11.4. The molecule has 2 amide bonds. The van der Waals surface area contributed by atoms with E-state index in [2.05, 4.69) is 15.3 Å². The van der Waals surface area contributed by atoms with Crippen LogP contribution in [0.4, 0.5) is 5.69 Å². The van der Waals surface area contributed by atoms with Crippen molar-refractivity contribution in [1.82, 2.24) is 15.3 Å². The van der Waals surface area contributed by atoms with Crippen molar-refractivity contribution in [1.29, 1.82) is 0 Å². The summed E-state index contributed by atoms with van der Waals surface area (Å²) in [7, 11) is 1.53. The number of rotatable bonds is 8. The zero-order valence-electron chi connectivity index (χ0n) is 17.9. The van der Waals surface area contributed by atoms with Crippen LogP contribution < -0.4 is 15.0 Å². The lowest BCUT2D eigenvalue weighted by Crippen LogP contribution is -2.44. The number of benzene rings is 2. The van der Waals surface area contributed by atoms with E-state index < -0.39 is 17.9 Å². The Bertz CT molecular complexity index is 1200. The molecule has 8 nitrogen and oxygen atoms in total. The van der Waals surface area contributed by atoms with Gasteiger partial charge in [0.1, 0.15) is 17.2 Å². The molecule has 0 aliphatic rings. The molecular formula is C25H22N4O4. The van der Waals surface area contributed by atoms with Crippen molar-refractivity contribution in [2.24, 2.45) is 0 Å².